The van der Waals surface area contributed by atoms with E-state index in [9.17, 15) is 22.8 Å². The third-order valence-electron chi connectivity index (χ3n) is 3.35. The van der Waals surface area contributed by atoms with Gasteiger partial charge in [-0.25, -0.2) is 8.42 Å². The largest absolute Gasteiger partial charge is 0.323 e. The molecule has 0 radical (unpaired) electrons. The number of nitrogens with zero attached hydrogens (tertiary/aromatic N) is 1. The van der Waals surface area contributed by atoms with Crippen LogP contribution in [0.1, 0.15) is 26.2 Å². The van der Waals surface area contributed by atoms with Crippen molar-refractivity contribution in [1.82, 2.24) is 9.62 Å². The van der Waals surface area contributed by atoms with E-state index < -0.39 is 27.1 Å². The summed E-state index contributed by atoms with van der Waals surface area (Å²) in [5.41, 5.74) is 0.788. The Morgan fingerprint density at radius 3 is 2.36 bits per heavy atom. The molecule has 1 aliphatic heterocycles. The first-order valence-electron chi connectivity index (χ1n) is 6.68. The fourth-order valence-electron chi connectivity index (χ4n) is 2.13. The van der Waals surface area contributed by atoms with Crippen molar-refractivity contribution in [2.24, 2.45) is 0 Å². The van der Waals surface area contributed by atoms with Crippen molar-refractivity contribution < 1.29 is 22.8 Å². The smallest absolute Gasteiger partial charge is 0.250 e. The summed E-state index contributed by atoms with van der Waals surface area (Å²) in [5, 5.41) is 1.57. The number of allylic oxidation sites excluding steroid dienone is 2. The minimum absolute atomic E-state index is 0.0711. The molecular weight excluding hydrogens is 308 g/mol. The molecule has 2 rings (SSSR count). The van der Waals surface area contributed by atoms with Gasteiger partial charge >= 0.3 is 0 Å². The van der Waals surface area contributed by atoms with Crippen LogP contribution in [0.2, 0.25) is 0 Å². The highest BCUT2D eigenvalue weighted by Crippen LogP contribution is 2.24. The maximum Gasteiger partial charge on any atom is 0.250 e. The van der Waals surface area contributed by atoms with Crippen molar-refractivity contribution in [1.29, 1.82) is 0 Å². The van der Waals surface area contributed by atoms with E-state index in [4.69, 9.17) is 0 Å². The quantitative estimate of drug-likeness (QED) is 0.595. The van der Waals surface area contributed by atoms with E-state index in [1.54, 1.807) is 6.92 Å². The predicted molar refractivity (Wildman–Crippen MR) is 78.6 cm³/mol. The highest BCUT2D eigenvalue weighted by atomic mass is 32.2. The summed E-state index contributed by atoms with van der Waals surface area (Å²) in [6.45, 7) is 5.06. The van der Waals surface area contributed by atoms with E-state index in [-0.39, 0.29) is 25.2 Å². The summed E-state index contributed by atoms with van der Waals surface area (Å²) in [7, 11) is -4.06. The number of hydrogen-bond acceptors (Lipinski definition) is 5. The highest BCUT2D eigenvalue weighted by Gasteiger charge is 2.42. The third-order valence-corrected chi connectivity index (χ3v) is 5.38. The predicted octanol–water partition coefficient (Wildman–Crippen LogP) is 0.370. The molecule has 0 bridgehead atoms. The lowest BCUT2D eigenvalue weighted by atomic mass is 10.1. The van der Waals surface area contributed by atoms with Crippen LogP contribution in [0.5, 0.6) is 0 Å². The molecule has 1 heterocycles. The second kappa shape index (κ2) is 5.88. The number of imide groups is 1. The van der Waals surface area contributed by atoms with E-state index in [2.05, 4.69) is 11.9 Å². The Balaban J connectivity index is 2.11. The normalized spacial score (nSPS) is 21.8. The molecule has 1 atom stereocenters. The molecule has 118 valence electrons. The molecule has 1 unspecified atom stereocenters. The molecule has 1 aliphatic carbocycles. The number of amides is 3. The van der Waals surface area contributed by atoms with Crippen molar-refractivity contribution in [3.8, 4) is 0 Å². The van der Waals surface area contributed by atoms with Gasteiger partial charge in [-0.3, -0.25) is 14.4 Å². The van der Waals surface area contributed by atoms with E-state index in [0.717, 1.165) is 0 Å². The van der Waals surface area contributed by atoms with Crippen LogP contribution in [0.15, 0.2) is 36.1 Å². The molecule has 1 fully saturated rings. The van der Waals surface area contributed by atoms with Crippen molar-refractivity contribution in [2.75, 3.05) is 0 Å². The van der Waals surface area contributed by atoms with Crippen molar-refractivity contribution >= 4 is 27.7 Å². The summed E-state index contributed by atoms with van der Waals surface area (Å²) in [4.78, 5) is 34.6. The molecule has 7 nitrogen and oxygen atoms in total. The van der Waals surface area contributed by atoms with Crippen LogP contribution >= 0.6 is 0 Å². The van der Waals surface area contributed by atoms with Gasteiger partial charge in [0, 0.05) is 24.1 Å². The number of nitrogens with one attached hydrogen (secondary N) is 1. The van der Waals surface area contributed by atoms with Gasteiger partial charge in [-0.2, -0.15) is 4.31 Å². The fraction of sp³-hybridized carbons (Fsp3) is 0.357. The van der Waals surface area contributed by atoms with Crippen LogP contribution in [0.3, 0.4) is 0 Å². The van der Waals surface area contributed by atoms with Gasteiger partial charge in [-0.15, -0.1) is 0 Å². The lowest BCUT2D eigenvalue weighted by Gasteiger charge is -2.22. The number of carbonyl (C=O) groups is 3. The van der Waals surface area contributed by atoms with Crippen LogP contribution < -0.4 is 5.32 Å². The third kappa shape index (κ3) is 3.01. The highest BCUT2D eigenvalue weighted by molar-refractivity contribution is 7.91. The molecule has 0 saturated carbocycles. The minimum Gasteiger partial charge on any atom is -0.323 e. The average Bonchev–Trinajstić information content (AvgIpc) is 2.79. The fourth-order valence-corrected chi connectivity index (χ4v) is 3.76. The van der Waals surface area contributed by atoms with E-state index in [1.165, 1.54) is 18.2 Å². The monoisotopic (exact) mass is 324 g/mol. The standard InChI is InChI=1S/C14H16N2O5S/c1-9(2)14(19)15-10-3-5-11(6-4-10)22(20,21)16-12(17)7-8-13(16)18/h3-5,11H,1,6-8H2,2H3,(H,15,19). The maximum absolute atomic E-state index is 12.3. The second-order valence-corrected chi connectivity index (χ2v) is 7.12. The van der Waals surface area contributed by atoms with E-state index in [0.29, 0.717) is 15.6 Å². The number of sulfonamides is 1. The molecule has 2 aliphatic rings. The van der Waals surface area contributed by atoms with Gasteiger partial charge in [-0.1, -0.05) is 18.7 Å². The van der Waals surface area contributed by atoms with Gasteiger partial charge in [0.2, 0.25) is 11.8 Å². The van der Waals surface area contributed by atoms with Gasteiger partial charge in [0.15, 0.2) is 0 Å². The lowest BCUT2D eigenvalue weighted by molar-refractivity contribution is -0.132. The first-order valence-corrected chi connectivity index (χ1v) is 8.19. The Kier molecular flexibility index (Phi) is 4.32. The zero-order valence-electron chi connectivity index (χ0n) is 12.0. The number of rotatable bonds is 4. The molecule has 0 aromatic heterocycles. The topological polar surface area (TPSA) is 101 Å². The average molecular weight is 324 g/mol. The molecule has 3 amide bonds. The Bertz CT molecular complexity index is 702. The Morgan fingerprint density at radius 2 is 1.91 bits per heavy atom. The molecule has 1 N–H and O–H groups in total. The molecule has 22 heavy (non-hydrogen) atoms. The molecule has 8 heteroatoms. The van der Waals surface area contributed by atoms with Gasteiger partial charge in [0.1, 0.15) is 5.25 Å². The molecule has 1 saturated heterocycles. The van der Waals surface area contributed by atoms with Gasteiger partial charge in [0.25, 0.3) is 15.9 Å². The molecular formula is C14H16N2O5S. The van der Waals surface area contributed by atoms with Crippen LogP contribution in [0.25, 0.3) is 0 Å². The van der Waals surface area contributed by atoms with Crippen molar-refractivity contribution in [3.63, 3.8) is 0 Å². The summed E-state index contributed by atoms with van der Waals surface area (Å²) in [6.07, 6.45) is 4.25. The SMILES string of the molecule is C=C(C)C(=O)NC1=CCC(S(=O)(=O)N2C(=O)CCC2=O)C=C1. The van der Waals surface area contributed by atoms with Crippen LogP contribution in [-0.2, 0) is 24.4 Å². The zero-order valence-corrected chi connectivity index (χ0v) is 12.9. The summed E-state index contributed by atoms with van der Waals surface area (Å²) < 4.78 is 25.1. The lowest BCUT2D eigenvalue weighted by Crippen LogP contribution is -2.41. The molecule has 0 aromatic carbocycles. The van der Waals surface area contributed by atoms with Gasteiger partial charge in [-0.05, 0) is 19.4 Å². The van der Waals surface area contributed by atoms with E-state index >= 15 is 0 Å². The molecule has 0 aromatic rings. The van der Waals surface area contributed by atoms with Gasteiger partial charge in [0.05, 0.1) is 0 Å². The van der Waals surface area contributed by atoms with Crippen molar-refractivity contribution in [2.45, 2.75) is 31.4 Å². The van der Waals surface area contributed by atoms with Gasteiger partial charge < -0.3 is 5.32 Å². The van der Waals surface area contributed by atoms with E-state index in [1.807, 2.05) is 0 Å². The Hall–Kier alpha value is -2.22. The Labute approximate surface area is 128 Å². The first-order chi connectivity index (χ1) is 10.2. The van der Waals surface area contributed by atoms with Crippen LogP contribution in [0, 0.1) is 0 Å². The summed E-state index contributed by atoms with van der Waals surface area (Å²) in [5.74, 6) is -1.74. The Morgan fingerprint density at radius 1 is 1.32 bits per heavy atom. The summed E-state index contributed by atoms with van der Waals surface area (Å²) in [6, 6.07) is 0. The van der Waals surface area contributed by atoms with Crippen molar-refractivity contribution in [3.05, 3.63) is 36.1 Å². The van der Waals surface area contributed by atoms with Crippen LogP contribution in [0.4, 0.5) is 0 Å². The van der Waals surface area contributed by atoms with Crippen LogP contribution in [-0.4, -0.2) is 35.7 Å². The zero-order chi connectivity index (χ0) is 16.5. The number of hydrogen-bond donors (Lipinski definition) is 1. The summed E-state index contributed by atoms with van der Waals surface area (Å²) >= 11 is 0. The number of carbonyl (C=O) groups excluding carboxylic acids is 3. The minimum atomic E-state index is -4.06. The molecule has 0 spiro atoms. The first kappa shape index (κ1) is 16.2. The maximum atomic E-state index is 12.3. The second-order valence-electron chi connectivity index (χ2n) is 5.12.